The highest BCUT2D eigenvalue weighted by atomic mass is 16.5. The number of aliphatic hydroxyl groups excluding tert-OH is 1. The number of fused-ring (bicyclic) bond motifs is 4. The Kier molecular flexibility index (Phi) is 3.74. The van der Waals surface area contributed by atoms with Gasteiger partial charge in [0.2, 0.25) is 0 Å². The van der Waals surface area contributed by atoms with Gasteiger partial charge in [-0.1, -0.05) is 66.7 Å². The van der Waals surface area contributed by atoms with E-state index >= 15 is 0 Å². The van der Waals surface area contributed by atoms with E-state index in [9.17, 15) is 5.11 Å². The maximum atomic E-state index is 10.8. The predicted octanol–water partition coefficient (Wildman–Crippen LogP) is 5.45. The zero-order valence-electron chi connectivity index (χ0n) is 16.5. The number of aromatic nitrogens is 1. The Labute approximate surface area is 174 Å². The summed E-state index contributed by atoms with van der Waals surface area (Å²) in [6.07, 6.45) is 2.18. The topological polar surface area (TPSA) is 34.4 Å². The minimum atomic E-state index is -0.615. The highest BCUT2D eigenvalue weighted by Gasteiger charge is 2.45. The van der Waals surface area contributed by atoms with Gasteiger partial charge >= 0.3 is 0 Å². The van der Waals surface area contributed by atoms with E-state index in [0.717, 1.165) is 44.2 Å². The monoisotopic (exact) mass is 391 g/mol. The van der Waals surface area contributed by atoms with Crippen molar-refractivity contribution < 1.29 is 9.84 Å². The second kappa shape index (κ2) is 6.48. The number of para-hydroxylation sites is 2. The highest BCUT2D eigenvalue weighted by molar-refractivity contribution is 5.93. The summed E-state index contributed by atoms with van der Waals surface area (Å²) in [4.78, 5) is 0. The van der Waals surface area contributed by atoms with Crippen molar-refractivity contribution in [1.29, 1.82) is 0 Å². The van der Waals surface area contributed by atoms with Gasteiger partial charge in [0.05, 0.1) is 17.5 Å². The average Bonchev–Trinajstić information content (AvgIpc) is 3.39. The van der Waals surface area contributed by atoms with Crippen LogP contribution >= 0.6 is 0 Å². The third-order valence-corrected chi connectivity index (χ3v) is 6.38. The molecule has 146 valence electrons. The van der Waals surface area contributed by atoms with Gasteiger partial charge in [-0.2, -0.15) is 0 Å². The van der Waals surface area contributed by atoms with Gasteiger partial charge in [0.15, 0.2) is 0 Å². The third-order valence-electron chi connectivity index (χ3n) is 6.38. The number of nitrogens with zero attached hydrogens (tertiary/aromatic N) is 1. The maximum Gasteiger partial charge on any atom is 0.124 e. The summed E-state index contributed by atoms with van der Waals surface area (Å²) in [5.41, 5.74) is 3.79. The number of benzene rings is 4. The van der Waals surface area contributed by atoms with Crippen molar-refractivity contribution in [3.05, 3.63) is 108 Å². The molecular weight excluding hydrogens is 370 g/mol. The van der Waals surface area contributed by atoms with Gasteiger partial charge in [-0.25, -0.2) is 0 Å². The lowest BCUT2D eigenvalue weighted by Gasteiger charge is -2.26. The minimum Gasteiger partial charge on any atom is -0.492 e. The first-order chi connectivity index (χ1) is 14.8. The summed E-state index contributed by atoms with van der Waals surface area (Å²) in [5, 5.41) is 14.3. The zero-order valence-corrected chi connectivity index (χ0v) is 16.5. The molecule has 0 saturated carbocycles. The second-order valence-corrected chi connectivity index (χ2v) is 7.95. The summed E-state index contributed by atoms with van der Waals surface area (Å²) in [7, 11) is 0. The Balaban J connectivity index is 1.69. The average molecular weight is 391 g/mol. The second-order valence-electron chi connectivity index (χ2n) is 7.95. The van der Waals surface area contributed by atoms with E-state index in [2.05, 4.69) is 71.4 Å². The number of ether oxygens (including phenoxy) is 1. The fraction of sp³-hybridized carbons (Fsp3) is 0.111. The zero-order chi connectivity index (χ0) is 20.1. The molecule has 1 aliphatic rings. The molecule has 0 radical (unpaired) electrons. The predicted molar refractivity (Wildman–Crippen MR) is 121 cm³/mol. The molecular formula is C27H21NO2. The van der Waals surface area contributed by atoms with Crippen LogP contribution in [0.4, 0.5) is 0 Å². The summed E-state index contributed by atoms with van der Waals surface area (Å²) < 4.78 is 8.38. The van der Waals surface area contributed by atoms with E-state index in [1.807, 2.05) is 30.3 Å². The molecule has 0 unspecified atom stereocenters. The summed E-state index contributed by atoms with van der Waals surface area (Å²) in [6, 6.07) is 31.2. The minimum absolute atomic E-state index is 0.0171. The first kappa shape index (κ1) is 17.3. The highest BCUT2D eigenvalue weighted by Crippen LogP contribution is 2.49. The molecule has 1 aromatic heterocycles. The van der Waals surface area contributed by atoms with Crippen LogP contribution in [-0.4, -0.2) is 22.9 Å². The van der Waals surface area contributed by atoms with Gasteiger partial charge in [-0.05, 0) is 40.6 Å². The molecule has 3 nitrogen and oxygen atoms in total. The van der Waals surface area contributed by atoms with Crippen molar-refractivity contribution in [3.63, 3.8) is 0 Å². The van der Waals surface area contributed by atoms with Crippen LogP contribution in [0.25, 0.3) is 27.4 Å². The quantitative estimate of drug-likeness (QED) is 0.443. The summed E-state index contributed by atoms with van der Waals surface area (Å²) in [6.45, 7) is 0.409. The van der Waals surface area contributed by atoms with Crippen LogP contribution in [0.15, 0.2) is 97.2 Å². The molecule has 0 bridgehead atoms. The van der Waals surface area contributed by atoms with Gasteiger partial charge < -0.3 is 14.4 Å². The molecule has 1 atom stereocenters. The lowest BCUT2D eigenvalue weighted by Crippen LogP contribution is -2.33. The van der Waals surface area contributed by atoms with Crippen LogP contribution in [0.1, 0.15) is 11.1 Å². The molecule has 6 rings (SSSR count). The van der Waals surface area contributed by atoms with Gasteiger partial charge in [0, 0.05) is 22.8 Å². The van der Waals surface area contributed by atoms with Crippen LogP contribution < -0.4 is 4.74 Å². The molecule has 1 N–H and O–H groups in total. The standard InChI is InChI=1S/C27H21NO2/c29-17-27(18-30-25-15-14-19-8-4-5-11-21(19)26(25)27)23-16-28(20-9-2-1-3-10-20)24-13-7-6-12-22(23)24/h1-16,29H,17-18H2/t27-/m1/s1. The van der Waals surface area contributed by atoms with Crippen LogP contribution in [0, 0.1) is 0 Å². The van der Waals surface area contributed by atoms with Crippen molar-refractivity contribution in [3.8, 4) is 11.4 Å². The lowest BCUT2D eigenvalue weighted by molar-refractivity contribution is 0.186. The molecule has 30 heavy (non-hydrogen) atoms. The van der Waals surface area contributed by atoms with Gasteiger partial charge in [0.25, 0.3) is 0 Å². The fourth-order valence-electron chi connectivity index (χ4n) is 4.92. The van der Waals surface area contributed by atoms with Crippen molar-refractivity contribution in [2.45, 2.75) is 5.41 Å². The normalized spacial score (nSPS) is 17.9. The van der Waals surface area contributed by atoms with Gasteiger partial charge in [0.1, 0.15) is 12.4 Å². The van der Waals surface area contributed by atoms with Gasteiger partial charge in [-0.15, -0.1) is 0 Å². The Morgan fingerprint density at radius 1 is 0.800 bits per heavy atom. The number of hydrogen-bond donors (Lipinski definition) is 1. The summed E-state index contributed by atoms with van der Waals surface area (Å²) >= 11 is 0. The molecule has 0 aliphatic carbocycles. The Bertz CT molecular complexity index is 1390. The number of rotatable bonds is 3. The van der Waals surface area contributed by atoms with E-state index in [1.165, 1.54) is 0 Å². The third kappa shape index (κ3) is 2.30. The van der Waals surface area contributed by atoms with E-state index in [1.54, 1.807) is 0 Å². The molecule has 0 amide bonds. The van der Waals surface area contributed by atoms with E-state index in [-0.39, 0.29) is 6.61 Å². The first-order valence-electron chi connectivity index (χ1n) is 10.2. The summed E-state index contributed by atoms with van der Waals surface area (Å²) in [5.74, 6) is 0.860. The van der Waals surface area contributed by atoms with E-state index in [4.69, 9.17) is 4.74 Å². The van der Waals surface area contributed by atoms with E-state index in [0.29, 0.717) is 6.61 Å². The van der Waals surface area contributed by atoms with Crippen LogP contribution in [0.5, 0.6) is 5.75 Å². The van der Waals surface area contributed by atoms with Crippen LogP contribution in [-0.2, 0) is 5.41 Å². The largest absolute Gasteiger partial charge is 0.492 e. The number of hydrogen-bond acceptors (Lipinski definition) is 2. The lowest BCUT2D eigenvalue weighted by atomic mass is 9.75. The van der Waals surface area contributed by atoms with Crippen molar-refractivity contribution >= 4 is 21.7 Å². The smallest absolute Gasteiger partial charge is 0.124 e. The molecule has 4 aromatic carbocycles. The molecule has 2 heterocycles. The Hall–Kier alpha value is -3.56. The van der Waals surface area contributed by atoms with Crippen LogP contribution in [0.2, 0.25) is 0 Å². The van der Waals surface area contributed by atoms with Crippen molar-refractivity contribution in [2.75, 3.05) is 13.2 Å². The van der Waals surface area contributed by atoms with Crippen LogP contribution in [0.3, 0.4) is 0 Å². The van der Waals surface area contributed by atoms with E-state index < -0.39 is 5.41 Å². The van der Waals surface area contributed by atoms with Crippen molar-refractivity contribution in [2.24, 2.45) is 0 Å². The molecule has 0 saturated heterocycles. The molecule has 5 aromatic rings. The Morgan fingerprint density at radius 2 is 1.53 bits per heavy atom. The van der Waals surface area contributed by atoms with Gasteiger partial charge in [-0.3, -0.25) is 0 Å². The van der Waals surface area contributed by atoms with Crippen molar-refractivity contribution in [1.82, 2.24) is 4.57 Å². The molecule has 0 fully saturated rings. The maximum absolute atomic E-state index is 10.8. The molecule has 1 aliphatic heterocycles. The first-order valence-corrected chi connectivity index (χ1v) is 10.2. The fourth-order valence-corrected chi connectivity index (χ4v) is 4.92. The Morgan fingerprint density at radius 3 is 2.37 bits per heavy atom. The molecule has 3 heteroatoms. The molecule has 0 spiro atoms. The SMILES string of the molecule is OC[C@]1(c2cn(-c3ccccc3)c3ccccc23)COc2ccc3ccccc3c21. The number of aliphatic hydroxyl groups is 1.